The first-order valence-corrected chi connectivity index (χ1v) is 21.0. The molecule has 1 atom stereocenters. The lowest BCUT2D eigenvalue weighted by atomic mass is 9.62. The summed E-state index contributed by atoms with van der Waals surface area (Å²) in [6.45, 7) is 13.9. The quantitative estimate of drug-likeness (QED) is 0.0877. The van der Waals surface area contributed by atoms with Gasteiger partial charge in [-0.3, -0.25) is 4.79 Å². The zero-order valence-corrected chi connectivity index (χ0v) is 34.4. The fraction of sp³-hybridized carbons (Fsp3) is 0.438. The average Bonchev–Trinajstić information content (AvgIpc) is 3.24. The molecule has 5 saturated heterocycles. The van der Waals surface area contributed by atoms with Crippen molar-refractivity contribution >= 4 is 29.3 Å². The first kappa shape index (κ1) is 39.5. The summed E-state index contributed by atoms with van der Waals surface area (Å²) < 4.78 is 18.8. The molecule has 5 aliphatic rings. The van der Waals surface area contributed by atoms with Crippen LogP contribution in [0.25, 0.3) is 0 Å². The van der Waals surface area contributed by atoms with E-state index in [2.05, 4.69) is 29.6 Å². The van der Waals surface area contributed by atoms with Crippen molar-refractivity contribution in [1.82, 2.24) is 4.90 Å². The molecule has 10 heteroatoms. The number of nitrogens with one attached hydrogen (secondary N) is 1. The number of carbonyl (C=O) groups excluding carboxylic acids is 3. The number of quaternary nitrogens is 1. The van der Waals surface area contributed by atoms with Gasteiger partial charge in [0.1, 0.15) is 24.7 Å². The second-order valence-corrected chi connectivity index (χ2v) is 17.4. The van der Waals surface area contributed by atoms with Gasteiger partial charge in [0.25, 0.3) is 0 Å². The number of hydrogen-bond donors (Lipinski definition) is 1. The Morgan fingerprint density at radius 3 is 2.03 bits per heavy atom. The SMILES string of the molecule is CCOC(=O)C(C)(C)Oc1ccc(C2N(c3ccc(OCc4ccc(C[N+]56CCC(CC5)CC6)cc4)cc3)C(=O)C23CCN(C(=O)Nc2ccc(C)cc2)CC3)cc1. The number of aryl methyl sites for hydroxylation is 1. The third-order valence-corrected chi connectivity index (χ3v) is 13.1. The maximum absolute atomic E-state index is 14.4. The van der Waals surface area contributed by atoms with Gasteiger partial charge in [0.15, 0.2) is 5.60 Å². The van der Waals surface area contributed by atoms with Gasteiger partial charge < -0.3 is 33.8 Å². The number of carbonyl (C=O) groups is 3. The summed E-state index contributed by atoms with van der Waals surface area (Å²) in [6, 6.07) is 31.6. The van der Waals surface area contributed by atoms with Gasteiger partial charge in [-0.1, -0.05) is 54.1 Å². The third-order valence-electron chi connectivity index (χ3n) is 13.1. The molecular weight excluding hydrogens is 729 g/mol. The Morgan fingerprint density at radius 1 is 0.810 bits per heavy atom. The van der Waals surface area contributed by atoms with Crippen molar-refractivity contribution in [1.29, 1.82) is 0 Å². The predicted octanol–water partition coefficient (Wildman–Crippen LogP) is 8.83. The van der Waals surface area contributed by atoms with E-state index in [1.807, 2.05) is 84.6 Å². The van der Waals surface area contributed by atoms with E-state index in [0.717, 1.165) is 46.3 Å². The molecule has 10 nitrogen and oxygen atoms in total. The van der Waals surface area contributed by atoms with Crippen molar-refractivity contribution in [2.75, 3.05) is 49.5 Å². The molecule has 4 aromatic carbocycles. The Balaban J connectivity index is 0.953. The number of piperidine rings is 4. The molecule has 58 heavy (non-hydrogen) atoms. The summed E-state index contributed by atoms with van der Waals surface area (Å²) in [7, 11) is 0. The normalized spacial score (nSPS) is 22.3. The number of ether oxygens (including phenoxy) is 3. The van der Waals surface area contributed by atoms with Crippen LogP contribution in [0.1, 0.15) is 81.2 Å². The number of fused-ring (bicyclic) bond motifs is 3. The van der Waals surface area contributed by atoms with Gasteiger partial charge in [0.05, 0.1) is 37.7 Å². The summed E-state index contributed by atoms with van der Waals surface area (Å²) in [5.41, 5.74) is 4.30. The van der Waals surface area contributed by atoms with Crippen LogP contribution in [0.4, 0.5) is 16.2 Å². The van der Waals surface area contributed by atoms with E-state index < -0.39 is 17.0 Å². The highest BCUT2D eigenvalue weighted by Crippen LogP contribution is 2.57. The molecule has 2 bridgehead atoms. The second kappa shape index (κ2) is 16.1. The van der Waals surface area contributed by atoms with E-state index >= 15 is 0 Å². The molecule has 304 valence electrons. The maximum Gasteiger partial charge on any atom is 0.349 e. The maximum atomic E-state index is 14.4. The highest BCUT2D eigenvalue weighted by atomic mass is 16.6. The van der Waals surface area contributed by atoms with Crippen LogP contribution in [0.2, 0.25) is 0 Å². The molecule has 1 unspecified atom stereocenters. The minimum absolute atomic E-state index is 0.0491. The minimum atomic E-state index is -1.16. The number of urea groups is 1. The van der Waals surface area contributed by atoms with Crippen molar-refractivity contribution in [3.05, 3.63) is 119 Å². The smallest absolute Gasteiger partial charge is 0.349 e. The van der Waals surface area contributed by atoms with Gasteiger partial charge in [-0.25, -0.2) is 9.59 Å². The lowest BCUT2D eigenvalue weighted by Gasteiger charge is -2.59. The van der Waals surface area contributed by atoms with Crippen LogP contribution in [0.5, 0.6) is 11.5 Å². The summed E-state index contributed by atoms with van der Waals surface area (Å²) in [6.07, 6.45) is 5.21. The van der Waals surface area contributed by atoms with Gasteiger partial charge in [-0.05, 0) is 125 Å². The zero-order chi connectivity index (χ0) is 40.5. The molecule has 4 aromatic rings. The molecule has 0 aliphatic carbocycles. The van der Waals surface area contributed by atoms with E-state index in [0.29, 0.717) is 38.3 Å². The Labute approximate surface area is 342 Å². The fourth-order valence-electron chi connectivity index (χ4n) is 9.56. The summed E-state index contributed by atoms with van der Waals surface area (Å²) >= 11 is 0. The van der Waals surface area contributed by atoms with E-state index in [1.54, 1.807) is 25.7 Å². The molecule has 5 aliphatic heterocycles. The molecule has 3 amide bonds. The molecule has 0 saturated carbocycles. The van der Waals surface area contributed by atoms with Crippen molar-refractivity contribution in [3.8, 4) is 11.5 Å². The average molecular weight is 786 g/mol. The zero-order valence-electron chi connectivity index (χ0n) is 34.4. The third kappa shape index (κ3) is 8.04. The van der Waals surface area contributed by atoms with Crippen molar-refractivity contribution in [2.45, 2.75) is 84.6 Å². The molecule has 1 N–H and O–H groups in total. The topological polar surface area (TPSA) is 97.4 Å². The lowest BCUT2D eigenvalue weighted by Crippen LogP contribution is -2.67. The van der Waals surface area contributed by atoms with Crippen molar-refractivity contribution in [3.63, 3.8) is 0 Å². The molecule has 5 heterocycles. The van der Waals surface area contributed by atoms with Gasteiger partial charge in [-0.15, -0.1) is 0 Å². The number of benzene rings is 4. The van der Waals surface area contributed by atoms with Gasteiger partial charge in [0.2, 0.25) is 5.91 Å². The van der Waals surface area contributed by atoms with Crippen LogP contribution in [-0.2, 0) is 27.5 Å². The number of β-lactam (4-membered cyclic amide) rings is 1. The Bertz CT molecular complexity index is 2070. The summed E-state index contributed by atoms with van der Waals surface area (Å²) in [5.74, 6) is 1.84. The number of hydrogen-bond acceptors (Lipinski definition) is 6. The van der Waals surface area contributed by atoms with Crippen molar-refractivity contribution < 1.29 is 33.1 Å². The number of nitrogens with zero attached hydrogens (tertiary/aromatic N) is 3. The van der Waals surface area contributed by atoms with Crippen LogP contribution in [0.3, 0.4) is 0 Å². The van der Waals surface area contributed by atoms with E-state index in [1.165, 1.54) is 48.9 Å². The van der Waals surface area contributed by atoms with Crippen LogP contribution in [0, 0.1) is 18.3 Å². The first-order chi connectivity index (χ1) is 28.0. The van der Waals surface area contributed by atoms with Crippen LogP contribution in [-0.4, -0.2) is 72.2 Å². The number of likely N-dealkylation sites (tertiary alicyclic amines) is 1. The molecule has 9 rings (SSSR count). The van der Waals surface area contributed by atoms with E-state index in [4.69, 9.17) is 14.2 Å². The predicted molar refractivity (Wildman–Crippen MR) is 225 cm³/mol. The first-order valence-electron chi connectivity index (χ1n) is 21.0. The second-order valence-electron chi connectivity index (χ2n) is 17.4. The Hall–Kier alpha value is -5.35. The molecule has 5 fully saturated rings. The largest absolute Gasteiger partial charge is 0.489 e. The number of esters is 1. The van der Waals surface area contributed by atoms with Gasteiger partial charge in [-0.2, -0.15) is 0 Å². The minimum Gasteiger partial charge on any atom is -0.489 e. The monoisotopic (exact) mass is 785 g/mol. The van der Waals surface area contributed by atoms with Gasteiger partial charge >= 0.3 is 12.0 Å². The van der Waals surface area contributed by atoms with Crippen LogP contribution in [0.15, 0.2) is 97.1 Å². The molecule has 0 radical (unpaired) electrons. The van der Waals surface area contributed by atoms with E-state index in [9.17, 15) is 14.4 Å². The Morgan fingerprint density at radius 2 is 1.41 bits per heavy atom. The standard InChI is InChI=1S/C48H56N4O6/c1-5-56-45(54)47(3,4)58-42-18-12-38(13-19-42)43-48(25-27-50(28-26-48)46(55)49-39-14-6-34(2)7-15-39)44(53)51(43)40-16-20-41(21-17-40)57-33-37-10-8-36(9-11-37)32-52-29-22-35(23-30-52)24-31-52/h6-21,35,43H,5,22-33H2,1-4H3/p+1. The van der Waals surface area contributed by atoms with E-state index in [-0.39, 0.29) is 24.6 Å². The number of amides is 3. The van der Waals surface area contributed by atoms with Crippen LogP contribution >= 0.6 is 0 Å². The highest BCUT2D eigenvalue weighted by Gasteiger charge is 2.62. The van der Waals surface area contributed by atoms with Crippen LogP contribution < -0.4 is 19.7 Å². The fourth-order valence-corrected chi connectivity index (χ4v) is 9.56. The Kier molecular flexibility index (Phi) is 11.0. The summed E-state index contributed by atoms with van der Waals surface area (Å²) in [4.78, 5) is 43.9. The number of rotatable bonds is 12. The van der Waals surface area contributed by atoms with Crippen molar-refractivity contribution in [2.24, 2.45) is 11.3 Å². The lowest BCUT2D eigenvalue weighted by molar-refractivity contribution is -0.955. The van der Waals surface area contributed by atoms with Gasteiger partial charge in [0, 0.05) is 30.0 Å². The molecule has 0 aromatic heterocycles. The number of anilines is 2. The molecular formula is C48H57N4O6+. The highest BCUT2D eigenvalue weighted by molar-refractivity contribution is 6.06. The molecule has 1 spiro atoms. The summed E-state index contributed by atoms with van der Waals surface area (Å²) in [5, 5.41) is 3.01.